The smallest absolute Gasteiger partial charge is 0.246 e. The third-order valence-corrected chi connectivity index (χ3v) is 4.85. The molecule has 4 rings (SSSR count). The molecule has 1 atom stereocenters. The molecule has 0 bridgehead atoms. The predicted octanol–water partition coefficient (Wildman–Crippen LogP) is 3.77. The van der Waals surface area contributed by atoms with Gasteiger partial charge in [0.05, 0.1) is 15.2 Å². The van der Waals surface area contributed by atoms with Crippen LogP contribution in [0.3, 0.4) is 0 Å². The summed E-state index contributed by atoms with van der Waals surface area (Å²) in [5, 5.41) is 7.14. The lowest BCUT2D eigenvalue weighted by molar-refractivity contribution is -0.116. The summed E-state index contributed by atoms with van der Waals surface area (Å²) in [5.74, 6) is 1.21. The van der Waals surface area contributed by atoms with Crippen LogP contribution in [0, 0.1) is 6.92 Å². The zero-order valence-corrected chi connectivity index (χ0v) is 14.6. The Hall–Kier alpha value is -2.80. The minimum Gasteiger partial charge on any atom is -0.454 e. The molecule has 25 heavy (non-hydrogen) atoms. The van der Waals surface area contributed by atoms with Crippen LogP contribution in [-0.4, -0.2) is 23.7 Å². The monoisotopic (exact) mass is 355 g/mol. The van der Waals surface area contributed by atoms with E-state index in [-0.39, 0.29) is 12.7 Å². The zero-order valence-electron chi connectivity index (χ0n) is 13.8. The number of carbonyl (C=O) groups is 1. The van der Waals surface area contributed by atoms with Gasteiger partial charge in [-0.25, -0.2) is 4.98 Å². The molecule has 2 aromatic carbocycles. The van der Waals surface area contributed by atoms with Gasteiger partial charge in [0.2, 0.25) is 12.7 Å². The largest absolute Gasteiger partial charge is 0.454 e. The molecule has 0 radical (unpaired) electrons. The Morgan fingerprint density at radius 1 is 1.16 bits per heavy atom. The van der Waals surface area contributed by atoms with Gasteiger partial charge in [-0.3, -0.25) is 4.79 Å². The van der Waals surface area contributed by atoms with E-state index in [1.54, 1.807) is 29.5 Å². The number of rotatable bonds is 4. The Morgan fingerprint density at radius 3 is 2.84 bits per heavy atom. The van der Waals surface area contributed by atoms with Gasteiger partial charge in [0.15, 0.2) is 11.5 Å². The van der Waals surface area contributed by atoms with Crippen LogP contribution in [0.5, 0.6) is 11.5 Å². The van der Waals surface area contributed by atoms with Crippen LogP contribution in [0.1, 0.15) is 11.9 Å². The van der Waals surface area contributed by atoms with E-state index in [0.717, 1.165) is 20.9 Å². The number of anilines is 2. The van der Waals surface area contributed by atoms with E-state index in [1.165, 1.54) is 0 Å². The van der Waals surface area contributed by atoms with Crippen LogP contribution in [-0.2, 0) is 4.79 Å². The van der Waals surface area contributed by atoms with Crippen LogP contribution < -0.4 is 20.1 Å². The summed E-state index contributed by atoms with van der Waals surface area (Å²) in [7, 11) is 0. The first kappa shape index (κ1) is 15.7. The van der Waals surface area contributed by atoms with Crippen molar-refractivity contribution in [3.8, 4) is 11.5 Å². The van der Waals surface area contributed by atoms with Gasteiger partial charge < -0.3 is 20.1 Å². The number of fused-ring (bicyclic) bond motifs is 2. The van der Waals surface area contributed by atoms with E-state index >= 15 is 0 Å². The number of aryl methyl sites for hydroxylation is 1. The molecular formula is C18H17N3O3S. The number of amides is 1. The Labute approximate surface area is 148 Å². The summed E-state index contributed by atoms with van der Waals surface area (Å²) in [6.45, 7) is 4.02. The first-order chi connectivity index (χ1) is 12.1. The highest BCUT2D eigenvalue weighted by atomic mass is 32.1. The van der Waals surface area contributed by atoms with Gasteiger partial charge in [-0.2, -0.15) is 0 Å². The van der Waals surface area contributed by atoms with Crippen molar-refractivity contribution < 1.29 is 14.3 Å². The average Bonchev–Trinajstić information content (AvgIpc) is 3.19. The van der Waals surface area contributed by atoms with E-state index in [0.29, 0.717) is 17.2 Å². The van der Waals surface area contributed by atoms with Gasteiger partial charge in [-0.1, -0.05) is 0 Å². The van der Waals surface area contributed by atoms with E-state index in [9.17, 15) is 4.79 Å². The number of thiazole rings is 1. The molecule has 3 aromatic rings. The average molecular weight is 355 g/mol. The Morgan fingerprint density at radius 2 is 1.96 bits per heavy atom. The number of nitrogens with one attached hydrogen (secondary N) is 2. The number of nitrogens with zero attached hydrogens (tertiary/aromatic N) is 1. The molecule has 0 aliphatic carbocycles. The molecule has 1 unspecified atom stereocenters. The third-order valence-electron chi connectivity index (χ3n) is 3.91. The molecule has 6 nitrogen and oxygen atoms in total. The maximum absolute atomic E-state index is 12.4. The fraction of sp³-hybridized carbons (Fsp3) is 0.222. The molecule has 128 valence electrons. The molecule has 2 heterocycles. The molecule has 1 aliphatic heterocycles. The van der Waals surface area contributed by atoms with E-state index in [4.69, 9.17) is 9.47 Å². The summed E-state index contributed by atoms with van der Waals surface area (Å²) in [6, 6.07) is 10.9. The zero-order chi connectivity index (χ0) is 17.4. The number of aromatic nitrogens is 1. The predicted molar refractivity (Wildman–Crippen MR) is 98.6 cm³/mol. The first-order valence-electron chi connectivity index (χ1n) is 7.93. The van der Waals surface area contributed by atoms with Crippen molar-refractivity contribution in [2.75, 3.05) is 17.4 Å². The van der Waals surface area contributed by atoms with Gasteiger partial charge in [-0.05, 0) is 44.2 Å². The Balaban J connectivity index is 1.44. The molecule has 1 amide bonds. The van der Waals surface area contributed by atoms with E-state index < -0.39 is 6.04 Å². The fourth-order valence-corrected chi connectivity index (χ4v) is 3.54. The van der Waals surface area contributed by atoms with E-state index in [1.807, 2.05) is 32.0 Å². The molecule has 2 N–H and O–H groups in total. The lowest BCUT2D eigenvalue weighted by Crippen LogP contribution is -2.31. The molecule has 0 saturated carbocycles. The van der Waals surface area contributed by atoms with Crippen LogP contribution in [0.2, 0.25) is 0 Å². The molecule has 0 fully saturated rings. The van der Waals surface area contributed by atoms with Gasteiger partial charge in [-0.15, -0.1) is 11.3 Å². The summed E-state index contributed by atoms with van der Waals surface area (Å²) in [6.07, 6.45) is 0. The maximum Gasteiger partial charge on any atom is 0.246 e. The van der Waals surface area contributed by atoms with Gasteiger partial charge in [0.25, 0.3) is 0 Å². The van der Waals surface area contributed by atoms with Crippen molar-refractivity contribution in [1.82, 2.24) is 4.98 Å². The van der Waals surface area contributed by atoms with Gasteiger partial charge in [0.1, 0.15) is 6.04 Å². The fourth-order valence-electron chi connectivity index (χ4n) is 2.67. The lowest BCUT2D eigenvalue weighted by Gasteiger charge is -2.15. The second-order valence-corrected chi connectivity index (χ2v) is 7.07. The quantitative estimate of drug-likeness (QED) is 0.745. The van der Waals surface area contributed by atoms with Crippen LogP contribution >= 0.6 is 11.3 Å². The van der Waals surface area contributed by atoms with Crippen molar-refractivity contribution >= 4 is 38.8 Å². The first-order valence-corrected chi connectivity index (χ1v) is 8.74. The Bertz CT molecular complexity index is 954. The summed E-state index contributed by atoms with van der Waals surface area (Å²) >= 11 is 1.64. The van der Waals surface area contributed by atoms with Crippen molar-refractivity contribution in [3.63, 3.8) is 0 Å². The standard InChI is InChI=1S/C18H17N3O3S/c1-10(19-13-3-5-14-17(8-13)25-11(2)20-14)18(22)21-12-4-6-15-16(7-12)24-9-23-15/h3-8,10,19H,9H2,1-2H3,(H,21,22). The maximum atomic E-state index is 12.4. The summed E-state index contributed by atoms with van der Waals surface area (Å²) < 4.78 is 11.7. The van der Waals surface area contributed by atoms with Crippen molar-refractivity contribution in [2.24, 2.45) is 0 Å². The minimum absolute atomic E-state index is 0.126. The second kappa shape index (κ2) is 6.25. The highest BCUT2D eigenvalue weighted by molar-refractivity contribution is 7.18. The lowest BCUT2D eigenvalue weighted by atomic mass is 10.2. The molecule has 7 heteroatoms. The molecule has 0 saturated heterocycles. The highest BCUT2D eigenvalue weighted by Gasteiger charge is 2.17. The minimum atomic E-state index is -0.392. The third kappa shape index (κ3) is 3.23. The van der Waals surface area contributed by atoms with Crippen LogP contribution in [0.4, 0.5) is 11.4 Å². The van der Waals surface area contributed by atoms with Crippen LogP contribution in [0.25, 0.3) is 10.2 Å². The number of ether oxygens (including phenoxy) is 2. The SMILES string of the molecule is Cc1nc2ccc(NC(C)C(=O)Nc3ccc4c(c3)OCO4)cc2s1. The summed E-state index contributed by atoms with van der Waals surface area (Å²) in [4.78, 5) is 16.9. The van der Waals surface area contributed by atoms with Crippen molar-refractivity contribution in [2.45, 2.75) is 19.9 Å². The van der Waals surface area contributed by atoms with Crippen molar-refractivity contribution in [3.05, 3.63) is 41.4 Å². The number of hydrogen-bond donors (Lipinski definition) is 2. The second-order valence-electron chi connectivity index (χ2n) is 5.84. The molecule has 0 spiro atoms. The van der Waals surface area contributed by atoms with Gasteiger partial charge in [0, 0.05) is 17.4 Å². The molecule has 1 aliphatic rings. The summed E-state index contributed by atoms with van der Waals surface area (Å²) in [5.41, 5.74) is 2.55. The highest BCUT2D eigenvalue weighted by Crippen LogP contribution is 2.34. The molecule has 1 aromatic heterocycles. The molecular weight excluding hydrogens is 338 g/mol. The normalized spacial score (nSPS) is 13.7. The number of benzene rings is 2. The number of carbonyl (C=O) groups excluding carboxylic acids is 1. The van der Waals surface area contributed by atoms with Gasteiger partial charge >= 0.3 is 0 Å². The van der Waals surface area contributed by atoms with Crippen LogP contribution in [0.15, 0.2) is 36.4 Å². The van der Waals surface area contributed by atoms with Crippen molar-refractivity contribution in [1.29, 1.82) is 0 Å². The number of hydrogen-bond acceptors (Lipinski definition) is 6. The Kier molecular flexibility index (Phi) is 3.93. The topological polar surface area (TPSA) is 72.5 Å². The van der Waals surface area contributed by atoms with E-state index in [2.05, 4.69) is 15.6 Å².